The molecule has 0 unspecified atom stereocenters. The van der Waals surface area contributed by atoms with Gasteiger partial charge in [-0.2, -0.15) is 0 Å². The molecule has 0 aromatic heterocycles. The zero-order chi connectivity index (χ0) is 14.8. The molecule has 4 rings (SSSR count). The average molecular weight is 291 g/mol. The number of rotatable bonds is 3. The van der Waals surface area contributed by atoms with Gasteiger partial charge in [0.15, 0.2) is 0 Å². The van der Waals surface area contributed by atoms with Gasteiger partial charge in [-0.1, -0.05) is 67.1 Å². The van der Waals surface area contributed by atoms with Gasteiger partial charge in [-0.15, -0.1) is 0 Å². The van der Waals surface area contributed by atoms with Crippen molar-refractivity contribution >= 4 is 0 Å². The Morgan fingerprint density at radius 1 is 0.773 bits per heavy atom. The molecule has 2 aliphatic heterocycles. The molecule has 114 valence electrons. The van der Waals surface area contributed by atoms with Gasteiger partial charge < -0.3 is 0 Å². The Balaban J connectivity index is 1.52. The van der Waals surface area contributed by atoms with E-state index in [1.807, 2.05) is 0 Å². The Bertz CT molecular complexity index is 578. The van der Waals surface area contributed by atoms with Gasteiger partial charge in [0.05, 0.1) is 0 Å². The van der Waals surface area contributed by atoms with Gasteiger partial charge in [0, 0.05) is 18.6 Å². The van der Waals surface area contributed by atoms with Crippen LogP contribution < -0.4 is 0 Å². The maximum absolute atomic E-state index is 2.80. The fraction of sp³-hybridized carbons (Fsp3) is 0.429. The summed E-state index contributed by atoms with van der Waals surface area (Å²) >= 11 is 0. The third-order valence-corrected chi connectivity index (χ3v) is 5.60. The maximum Gasteiger partial charge on any atom is 0.0239 e. The highest BCUT2D eigenvalue weighted by Gasteiger charge is 2.38. The highest BCUT2D eigenvalue weighted by molar-refractivity contribution is 5.22. The molecular weight excluding hydrogens is 266 g/mol. The van der Waals surface area contributed by atoms with Crippen molar-refractivity contribution in [3.05, 3.63) is 71.8 Å². The smallest absolute Gasteiger partial charge is 0.0239 e. The molecular formula is C21H25N. The van der Waals surface area contributed by atoms with Gasteiger partial charge in [-0.3, -0.25) is 4.90 Å². The molecule has 0 amide bonds. The van der Waals surface area contributed by atoms with E-state index in [9.17, 15) is 0 Å². The molecule has 1 heteroatoms. The summed E-state index contributed by atoms with van der Waals surface area (Å²) < 4.78 is 0. The predicted octanol–water partition coefficient (Wildman–Crippen LogP) is 4.99. The van der Waals surface area contributed by atoms with E-state index in [4.69, 9.17) is 0 Å². The lowest BCUT2D eigenvalue weighted by Crippen LogP contribution is -2.50. The van der Waals surface area contributed by atoms with E-state index in [-0.39, 0.29) is 0 Å². The molecule has 2 aromatic carbocycles. The van der Waals surface area contributed by atoms with Gasteiger partial charge in [-0.05, 0) is 42.7 Å². The highest BCUT2D eigenvalue weighted by atomic mass is 15.2. The number of piperidine rings is 2. The number of benzene rings is 2. The van der Waals surface area contributed by atoms with Crippen LogP contribution in [-0.4, -0.2) is 17.0 Å². The lowest BCUT2D eigenvalue weighted by molar-refractivity contribution is 0.0231. The van der Waals surface area contributed by atoms with Crippen LogP contribution in [0.2, 0.25) is 0 Å². The summed E-state index contributed by atoms with van der Waals surface area (Å²) in [5.74, 6) is 0.767. The van der Waals surface area contributed by atoms with E-state index in [2.05, 4.69) is 65.6 Å². The Morgan fingerprint density at radius 2 is 1.36 bits per heavy atom. The molecule has 0 saturated carbocycles. The van der Waals surface area contributed by atoms with Crippen molar-refractivity contribution in [1.82, 2.24) is 4.90 Å². The number of hydrogen-bond donors (Lipinski definition) is 0. The first-order valence-corrected chi connectivity index (χ1v) is 8.75. The molecule has 2 fully saturated rings. The zero-order valence-corrected chi connectivity index (χ0v) is 13.2. The van der Waals surface area contributed by atoms with Crippen LogP contribution >= 0.6 is 0 Å². The highest BCUT2D eigenvalue weighted by Crippen LogP contribution is 2.42. The van der Waals surface area contributed by atoms with Crippen LogP contribution in [0.1, 0.15) is 49.1 Å². The first-order valence-electron chi connectivity index (χ1n) is 8.75. The summed E-state index contributed by atoms with van der Waals surface area (Å²) in [4.78, 5) is 2.80. The summed E-state index contributed by atoms with van der Waals surface area (Å²) in [5, 5.41) is 0. The minimum Gasteiger partial charge on any atom is -0.293 e. The summed E-state index contributed by atoms with van der Waals surface area (Å²) in [6.07, 6.45) is 6.86. The van der Waals surface area contributed by atoms with Crippen molar-refractivity contribution in [2.45, 2.75) is 56.7 Å². The molecule has 2 atom stereocenters. The summed E-state index contributed by atoms with van der Waals surface area (Å²) in [6, 6.07) is 23.7. The van der Waals surface area contributed by atoms with Crippen molar-refractivity contribution in [3.8, 4) is 0 Å². The minimum atomic E-state index is 0.767. The van der Waals surface area contributed by atoms with Crippen molar-refractivity contribution in [1.29, 1.82) is 0 Å². The second-order valence-corrected chi connectivity index (χ2v) is 6.98. The molecule has 0 aliphatic carbocycles. The van der Waals surface area contributed by atoms with Crippen LogP contribution in [0.4, 0.5) is 0 Å². The monoisotopic (exact) mass is 291 g/mol. The second-order valence-electron chi connectivity index (χ2n) is 6.98. The van der Waals surface area contributed by atoms with Crippen molar-refractivity contribution in [3.63, 3.8) is 0 Å². The maximum atomic E-state index is 2.80. The largest absolute Gasteiger partial charge is 0.293 e. The fourth-order valence-electron chi connectivity index (χ4n) is 4.53. The molecule has 2 aliphatic rings. The van der Waals surface area contributed by atoms with Gasteiger partial charge in [-0.25, -0.2) is 0 Å². The van der Waals surface area contributed by atoms with Crippen LogP contribution in [0.25, 0.3) is 0 Å². The van der Waals surface area contributed by atoms with E-state index >= 15 is 0 Å². The third-order valence-electron chi connectivity index (χ3n) is 5.60. The van der Waals surface area contributed by atoms with E-state index in [1.165, 1.54) is 37.7 Å². The average Bonchev–Trinajstić information content (AvgIpc) is 2.56. The van der Waals surface area contributed by atoms with Crippen molar-refractivity contribution in [2.75, 3.05) is 0 Å². The van der Waals surface area contributed by atoms with Crippen LogP contribution in [-0.2, 0) is 6.54 Å². The Kier molecular flexibility index (Phi) is 3.99. The second kappa shape index (κ2) is 6.26. The van der Waals surface area contributed by atoms with Gasteiger partial charge >= 0.3 is 0 Å². The van der Waals surface area contributed by atoms with E-state index in [0.29, 0.717) is 0 Å². The molecule has 2 saturated heterocycles. The molecule has 0 N–H and O–H groups in total. The normalized spacial score (nSPS) is 28.5. The van der Waals surface area contributed by atoms with Crippen LogP contribution in [0.3, 0.4) is 0 Å². The molecule has 2 bridgehead atoms. The Labute approximate surface area is 134 Å². The third kappa shape index (κ3) is 2.83. The standard InChI is InChI=1S/C21H25N/c1-3-8-17(9-4-1)16-22-20-12-7-13-21(22)15-19(14-20)18-10-5-2-6-11-18/h1-6,8-11,19-21H,7,12-16H2/t20-,21-/m1/s1. The Morgan fingerprint density at radius 3 is 2.00 bits per heavy atom. The van der Waals surface area contributed by atoms with Crippen LogP contribution in [0.5, 0.6) is 0 Å². The molecule has 0 radical (unpaired) electrons. The van der Waals surface area contributed by atoms with Crippen LogP contribution in [0.15, 0.2) is 60.7 Å². The number of nitrogens with zero attached hydrogens (tertiary/aromatic N) is 1. The van der Waals surface area contributed by atoms with Crippen LogP contribution in [0, 0.1) is 0 Å². The van der Waals surface area contributed by atoms with Gasteiger partial charge in [0.25, 0.3) is 0 Å². The van der Waals surface area contributed by atoms with E-state index < -0.39 is 0 Å². The number of hydrogen-bond acceptors (Lipinski definition) is 1. The fourth-order valence-corrected chi connectivity index (χ4v) is 4.53. The first kappa shape index (κ1) is 14.0. The summed E-state index contributed by atoms with van der Waals surface area (Å²) in [5.41, 5.74) is 3.02. The lowest BCUT2D eigenvalue weighted by atomic mass is 9.75. The van der Waals surface area contributed by atoms with Crippen molar-refractivity contribution < 1.29 is 0 Å². The lowest BCUT2D eigenvalue weighted by Gasteiger charge is -2.49. The SMILES string of the molecule is c1ccc(CN2[C@@H]3CCC[C@@H]2CC(c2ccccc2)C3)cc1. The molecule has 2 heterocycles. The van der Waals surface area contributed by atoms with Gasteiger partial charge in [0.1, 0.15) is 0 Å². The number of fused-ring (bicyclic) bond motifs is 2. The molecule has 0 spiro atoms. The Hall–Kier alpha value is -1.60. The molecule has 1 nitrogen and oxygen atoms in total. The summed E-state index contributed by atoms with van der Waals surface area (Å²) in [7, 11) is 0. The van der Waals surface area contributed by atoms with Gasteiger partial charge in [0.2, 0.25) is 0 Å². The van der Waals surface area contributed by atoms with E-state index in [0.717, 1.165) is 24.5 Å². The molecule has 2 aromatic rings. The van der Waals surface area contributed by atoms with E-state index in [1.54, 1.807) is 5.56 Å². The topological polar surface area (TPSA) is 3.24 Å². The quantitative estimate of drug-likeness (QED) is 0.770. The summed E-state index contributed by atoms with van der Waals surface area (Å²) in [6.45, 7) is 1.14. The minimum absolute atomic E-state index is 0.767. The molecule has 22 heavy (non-hydrogen) atoms. The first-order chi connectivity index (χ1) is 10.9. The van der Waals surface area contributed by atoms with Crippen molar-refractivity contribution in [2.24, 2.45) is 0 Å². The zero-order valence-electron chi connectivity index (χ0n) is 13.2. The predicted molar refractivity (Wildman–Crippen MR) is 91.8 cm³/mol.